The minimum absolute atomic E-state index is 0.00226. The molecule has 2 aromatic carbocycles. The molecule has 0 spiro atoms. The molecular weight excluding hydrogens is 326 g/mol. The number of rotatable bonds is 6. The Bertz CT molecular complexity index is 785. The highest BCUT2D eigenvalue weighted by Gasteiger charge is 2.15. The highest BCUT2D eigenvalue weighted by Crippen LogP contribution is 2.28. The lowest BCUT2D eigenvalue weighted by Gasteiger charge is -2.20. The summed E-state index contributed by atoms with van der Waals surface area (Å²) in [6, 6.07) is 12.2. The molecule has 0 aliphatic heterocycles. The van der Waals surface area contributed by atoms with Gasteiger partial charge in [-0.15, -0.1) is 0 Å². The largest absolute Gasteiger partial charge is 0.493 e. The van der Waals surface area contributed by atoms with E-state index >= 15 is 0 Å². The quantitative estimate of drug-likeness (QED) is 0.854. The lowest BCUT2D eigenvalue weighted by molar-refractivity contribution is -0.121. The van der Waals surface area contributed by atoms with Gasteiger partial charge >= 0.3 is 0 Å². The number of ether oxygens (including phenoxy) is 2. The Balaban J connectivity index is 1.64. The molecule has 0 heterocycles. The number of carbonyl (C=O) groups excluding carboxylic acids is 1. The van der Waals surface area contributed by atoms with Crippen molar-refractivity contribution < 1.29 is 14.3 Å². The van der Waals surface area contributed by atoms with Gasteiger partial charge < -0.3 is 14.8 Å². The molecule has 0 aromatic heterocycles. The van der Waals surface area contributed by atoms with Crippen LogP contribution in [-0.2, 0) is 24.1 Å². The fourth-order valence-corrected chi connectivity index (χ4v) is 3.57. The molecule has 3 rings (SSSR count). The summed E-state index contributed by atoms with van der Waals surface area (Å²) in [5.74, 6) is 1.31. The van der Waals surface area contributed by atoms with E-state index in [-0.39, 0.29) is 11.9 Å². The van der Waals surface area contributed by atoms with Crippen molar-refractivity contribution in [2.45, 2.75) is 45.1 Å². The van der Waals surface area contributed by atoms with Crippen LogP contribution in [0.4, 0.5) is 0 Å². The van der Waals surface area contributed by atoms with Gasteiger partial charge in [0.05, 0.1) is 26.7 Å². The first-order valence-corrected chi connectivity index (χ1v) is 9.22. The topological polar surface area (TPSA) is 47.6 Å². The molecule has 2 aromatic rings. The minimum atomic E-state index is -0.00475. The van der Waals surface area contributed by atoms with Crippen LogP contribution in [-0.4, -0.2) is 20.1 Å². The number of fused-ring (bicyclic) bond motifs is 1. The van der Waals surface area contributed by atoms with Crippen LogP contribution in [0.5, 0.6) is 11.5 Å². The Kier molecular flexibility index (Phi) is 5.82. The summed E-state index contributed by atoms with van der Waals surface area (Å²) in [6.07, 6.45) is 5.18. The smallest absolute Gasteiger partial charge is 0.224 e. The third-order valence-electron chi connectivity index (χ3n) is 5.06. The third kappa shape index (κ3) is 4.18. The van der Waals surface area contributed by atoms with E-state index < -0.39 is 0 Å². The number of benzene rings is 2. The maximum absolute atomic E-state index is 12.5. The zero-order valence-corrected chi connectivity index (χ0v) is 15.8. The first-order chi connectivity index (χ1) is 12.6. The Morgan fingerprint density at radius 3 is 2.46 bits per heavy atom. The number of hydrogen-bond acceptors (Lipinski definition) is 3. The Morgan fingerprint density at radius 2 is 1.73 bits per heavy atom. The van der Waals surface area contributed by atoms with E-state index in [1.807, 2.05) is 25.1 Å². The summed E-state index contributed by atoms with van der Waals surface area (Å²) in [7, 11) is 3.20. The first-order valence-electron chi connectivity index (χ1n) is 9.22. The number of methoxy groups -OCH3 is 2. The first kappa shape index (κ1) is 18.3. The molecule has 0 fully saturated rings. The van der Waals surface area contributed by atoms with E-state index in [0.29, 0.717) is 17.9 Å². The highest BCUT2D eigenvalue weighted by molar-refractivity contribution is 5.79. The van der Waals surface area contributed by atoms with Crippen LogP contribution < -0.4 is 14.8 Å². The van der Waals surface area contributed by atoms with Crippen LogP contribution in [0.25, 0.3) is 0 Å². The highest BCUT2D eigenvalue weighted by atomic mass is 16.5. The second kappa shape index (κ2) is 8.26. The number of hydrogen-bond donors (Lipinski definition) is 1. The number of carbonyl (C=O) groups is 1. The molecule has 138 valence electrons. The summed E-state index contributed by atoms with van der Waals surface area (Å²) in [5, 5.41) is 3.11. The molecule has 1 atom stereocenters. The molecule has 26 heavy (non-hydrogen) atoms. The Hall–Kier alpha value is -2.49. The molecule has 0 radical (unpaired) electrons. The van der Waals surface area contributed by atoms with Gasteiger partial charge in [-0.3, -0.25) is 4.79 Å². The molecule has 4 nitrogen and oxygen atoms in total. The van der Waals surface area contributed by atoms with Crippen LogP contribution in [0.3, 0.4) is 0 Å². The van der Waals surface area contributed by atoms with Gasteiger partial charge in [0.2, 0.25) is 5.91 Å². The van der Waals surface area contributed by atoms with E-state index in [9.17, 15) is 4.79 Å². The fourth-order valence-electron chi connectivity index (χ4n) is 3.57. The molecule has 1 unspecified atom stereocenters. The van der Waals surface area contributed by atoms with Crippen molar-refractivity contribution in [2.24, 2.45) is 0 Å². The third-order valence-corrected chi connectivity index (χ3v) is 5.06. The zero-order valence-electron chi connectivity index (χ0n) is 15.8. The van der Waals surface area contributed by atoms with E-state index in [1.165, 1.54) is 36.0 Å². The average molecular weight is 353 g/mol. The van der Waals surface area contributed by atoms with Gasteiger partial charge in [0.15, 0.2) is 11.5 Å². The second-order valence-electron chi connectivity index (χ2n) is 6.89. The van der Waals surface area contributed by atoms with E-state index in [4.69, 9.17) is 9.47 Å². The van der Waals surface area contributed by atoms with Gasteiger partial charge in [0.1, 0.15) is 0 Å². The van der Waals surface area contributed by atoms with Crippen molar-refractivity contribution in [3.63, 3.8) is 0 Å². The number of nitrogens with one attached hydrogen (secondary N) is 1. The lowest BCUT2D eigenvalue weighted by Crippen LogP contribution is -2.28. The van der Waals surface area contributed by atoms with Crippen molar-refractivity contribution in [1.29, 1.82) is 0 Å². The van der Waals surface area contributed by atoms with Crippen LogP contribution in [0.2, 0.25) is 0 Å². The molecule has 0 saturated heterocycles. The summed E-state index contributed by atoms with van der Waals surface area (Å²) in [6.45, 7) is 2.04. The summed E-state index contributed by atoms with van der Waals surface area (Å²) in [4.78, 5) is 12.5. The molecule has 1 N–H and O–H groups in total. The maximum Gasteiger partial charge on any atom is 0.224 e. The van der Waals surface area contributed by atoms with Crippen LogP contribution in [0, 0.1) is 0 Å². The van der Waals surface area contributed by atoms with E-state index in [1.54, 1.807) is 14.2 Å². The standard InChI is InChI=1S/C22H27NO3/c1-15(18-10-9-17-6-4-5-7-19(17)14-18)23-22(24)13-16-8-11-20(25-2)21(12-16)26-3/h8-12,14-15H,4-7,13H2,1-3H3,(H,23,24). The lowest BCUT2D eigenvalue weighted by atomic mass is 9.89. The van der Waals surface area contributed by atoms with Crippen molar-refractivity contribution in [3.8, 4) is 11.5 Å². The summed E-state index contributed by atoms with van der Waals surface area (Å²) < 4.78 is 10.5. The van der Waals surface area contributed by atoms with Crippen LogP contribution >= 0.6 is 0 Å². The summed E-state index contributed by atoms with van der Waals surface area (Å²) in [5.41, 5.74) is 4.97. The Labute approximate surface area is 155 Å². The number of aryl methyl sites for hydroxylation is 2. The average Bonchev–Trinajstić information content (AvgIpc) is 2.67. The zero-order chi connectivity index (χ0) is 18.5. The monoisotopic (exact) mass is 353 g/mol. The van der Waals surface area contributed by atoms with Crippen LogP contribution in [0.1, 0.15) is 48.1 Å². The van der Waals surface area contributed by atoms with Gasteiger partial charge in [-0.1, -0.05) is 24.3 Å². The molecule has 0 saturated carbocycles. The van der Waals surface area contributed by atoms with Crippen LogP contribution in [0.15, 0.2) is 36.4 Å². The SMILES string of the molecule is COc1ccc(CC(=O)NC(C)c2ccc3c(c2)CCCC3)cc1OC. The minimum Gasteiger partial charge on any atom is -0.493 e. The van der Waals surface area contributed by atoms with Crippen molar-refractivity contribution in [2.75, 3.05) is 14.2 Å². The molecule has 1 amide bonds. The van der Waals surface area contributed by atoms with Gasteiger partial charge in [-0.25, -0.2) is 0 Å². The van der Waals surface area contributed by atoms with E-state index in [2.05, 4.69) is 23.5 Å². The molecule has 4 heteroatoms. The van der Waals surface area contributed by atoms with Crippen molar-refractivity contribution in [1.82, 2.24) is 5.32 Å². The molecule has 0 bridgehead atoms. The van der Waals surface area contributed by atoms with Gasteiger partial charge in [-0.05, 0) is 67.0 Å². The number of amides is 1. The second-order valence-corrected chi connectivity index (χ2v) is 6.89. The normalized spacial score (nSPS) is 14.3. The molecular formula is C22H27NO3. The Morgan fingerprint density at radius 1 is 1.00 bits per heavy atom. The molecule has 1 aliphatic rings. The maximum atomic E-state index is 12.5. The van der Waals surface area contributed by atoms with Crippen molar-refractivity contribution in [3.05, 3.63) is 58.7 Å². The molecule has 1 aliphatic carbocycles. The predicted molar refractivity (Wildman–Crippen MR) is 103 cm³/mol. The van der Waals surface area contributed by atoms with Gasteiger partial charge in [-0.2, -0.15) is 0 Å². The van der Waals surface area contributed by atoms with Crippen molar-refractivity contribution >= 4 is 5.91 Å². The predicted octanol–water partition coefficient (Wildman–Crippen LogP) is 4.00. The summed E-state index contributed by atoms with van der Waals surface area (Å²) >= 11 is 0. The van der Waals surface area contributed by atoms with E-state index in [0.717, 1.165) is 12.0 Å². The van der Waals surface area contributed by atoms with Gasteiger partial charge in [0.25, 0.3) is 0 Å². The van der Waals surface area contributed by atoms with Gasteiger partial charge in [0, 0.05) is 0 Å². The fraction of sp³-hybridized carbons (Fsp3) is 0.409.